The highest BCUT2D eigenvalue weighted by Crippen LogP contribution is 2.32. The number of nitrogens with zero attached hydrogens (tertiary/aromatic N) is 1. The Kier molecular flexibility index (Phi) is 9.62. The Balaban J connectivity index is 1.70. The molecule has 7 heteroatoms. The lowest BCUT2D eigenvalue weighted by atomic mass is 9.85. The molecule has 204 valence electrons. The molecule has 0 fully saturated rings. The van der Waals surface area contributed by atoms with Crippen LogP contribution in [-0.2, 0) is 22.6 Å². The fourth-order valence-corrected chi connectivity index (χ4v) is 4.96. The predicted octanol–water partition coefficient (Wildman–Crippen LogP) is 5.65. The highest BCUT2D eigenvalue weighted by molar-refractivity contribution is 5.98. The number of carbonyl (C=O) groups excluding carboxylic acids is 2. The molecule has 0 heterocycles. The van der Waals surface area contributed by atoms with Gasteiger partial charge in [0.05, 0.1) is 33.4 Å². The molecule has 1 N–H and O–H groups in total. The maximum Gasteiger partial charge on any atom is 0.247 e. The van der Waals surface area contributed by atoms with Gasteiger partial charge in [-0.25, -0.2) is 0 Å². The summed E-state index contributed by atoms with van der Waals surface area (Å²) in [7, 11) is 4.75. The van der Waals surface area contributed by atoms with E-state index in [4.69, 9.17) is 14.2 Å². The number of allylic oxidation sites excluding steroid dienone is 2. The Morgan fingerprint density at radius 1 is 0.872 bits per heavy atom. The summed E-state index contributed by atoms with van der Waals surface area (Å²) in [5.41, 5.74) is 2.35. The molecule has 1 aliphatic rings. The molecule has 3 aromatic rings. The third kappa shape index (κ3) is 7.19. The van der Waals surface area contributed by atoms with Crippen molar-refractivity contribution >= 4 is 17.5 Å². The van der Waals surface area contributed by atoms with E-state index in [9.17, 15) is 9.59 Å². The van der Waals surface area contributed by atoms with Crippen LogP contribution < -0.4 is 19.5 Å². The van der Waals surface area contributed by atoms with Crippen molar-refractivity contribution in [1.29, 1.82) is 0 Å². The number of benzene rings is 3. The second-order valence-corrected chi connectivity index (χ2v) is 9.58. The number of anilines is 1. The average molecular weight is 529 g/mol. The van der Waals surface area contributed by atoms with Crippen molar-refractivity contribution in [3.8, 4) is 17.2 Å². The molecule has 2 unspecified atom stereocenters. The second kappa shape index (κ2) is 13.5. The summed E-state index contributed by atoms with van der Waals surface area (Å²) in [6.45, 7) is 0.299. The van der Waals surface area contributed by atoms with Crippen molar-refractivity contribution in [2.24, 2.45) is 5.92 Å². The number of nitrogens with one attached hydrogen (secondary N) is 1. The topological polar surface area (TPSA) is 77.1 Å². The molecule has 2 atom stereocenters. The van der Waals surface area contributed by atoms with Crippen LogP contribution in [0.3, 0.4) is 0 Å². The minimum atomic E-state index is -0.680. The average Bonchev–Trinajstić information content (AvgIpc) is 2.98. The molecule has 39 heavy (non-hydrogen) atoms. The van der Waals surface area contributed by atoms with Gasteiger partial charge in [0.15, 0.2) is 0 Å². The lowest BCUT2D eigenvalue weighted by molar-refractivity contribution is -0.141. The van der Waals surface area contributed by atoms with Gasteiger partial charge in [0, 0.05) is 12.6 Å². The molecule has 1 aliphatic carbocycles. The van der Waals surface area contributed by atoms with Crippen LogP contribution in [0.25, 0.3) is 0 Å². The summed E-state index contributed by atoms with van der Waals surface area (Å²) in [5.74, 6) is 1.47. The van der Waals surface area contributed by atoms with Crippen molar-refractivity contribution in [3.05, 3.63) is 96.1 Å². The van der Waals surface area contributed by atoms with Crippen LogP contribution in [0.2, 0.25) is 0 Å². The summed E-state index contributed by atoms with van der Waals surface area (Å²) >= 11 is 0. The molecule has 0 aromatic heterocycles. The summed E-state index contributed by atoms with van der Waals surface area (Å²) in [6.07, 6.45) is 6.84. The van der Waals surface area contributed by atoms with Crippen LogP contribution in [0.1, 0.15) is 30.4 Å². The first-order valence-corrected chi connectivity index (χ1v) is 13.2. The number of methoxy groups -OCH3 is 3. The summed E-state index contributed by atoms with van der Waals surface area (Å²) in [4.78, 5) is 29.8. The molecule has 0 saturated heterocycles. The highest BCUT2D eigenvalue weighted by atomic mass is 16.5. The van der Waals surface area contributed by atoms with Crippen LogP contribution in [0.4, 0.5) is 5.69 Å². The van der Waals surface area contributed by atoms with E-state index in [0.29, 0.717) is 23.7 Å². The highest BCUT2D eigenvalue weighted by Gasteiger charge is 2.37. The largest absolute Gasteiger partial charge is 0.497 e. The Bertz CT molecular complexity index is 1270. The zero-order valence-corrected chi connectivity index (χ0v) is 22.8. The lowest BCUT2D eigenvalue weighted by Gasteiger charge is -2.37. The van der Waals surface area contributed by atoms with Crippen molar-refractivity contribution in [2.45, 2.75) is 38.3 Å². The van der Waals surface area contributed by atoms with Gasteiger partial charge in [0.2, 0.25) is 11.8 Å². The monoisotopic (exact) mass is 528 g/mol. The van der Waals surface area contributed by atoms with Crippen LogP contribution in [-0.4, -0.2) is 44.1 Å². The SMILES string of the molecule is COc1ccc(CN(C(=O)Cc2ccccc2)C(C(=O)Nc2ccc(OC)cc2OC)C2CC=CCC2)cc1. The van der Waals surface area contributed by atoms with Crippen LogP contribution in [0, 0.1) is 5.92 Å². The summed E-state index contributed by atoms with van der Waals surface area (Å²) in [5, 5.41) is 3.06. The summed E-state index contributed by atoms with van der Waals surface area (Å²) in [6, 6.07) is 21.8. The first-order valence-electron chi connectivity index (χ1n) is 13.2. The molecule has 0 bridgehead atoms. The molecule has 0 spiro atoms. The van der Waals surface area contributed by atoms with Crippen LogP contribution in [0.15, 0.2) is 84.9 Å². The predicted molar refractivity (Wildman–Crippen MR) is 152 cm³/mol. The number of hydrogen-bond donors (Lipinski definition) is 1. The van der Waals surface area contributed by atoms with Crippen molar-refractivity contribution in [1.82, 2.24) is 4.90 Å². The second-order valence-electron chi connectivity index (χ2n) is 9.58. The van der Waals surface area contributed by atoms with Gasteiger partial charge in [-0.05, 0) is 60.6 Å². The van der Waals surface area contributed by atoms with Crippen molar-refractivity contribution in [3.63, 3.8) is 0 Å². The molecule has 2 amide bonds. The maximum atomic E-state index is 14.1. The van der Waals surface area contributed by atoms with E-state index < -0.39 is 6.04 Å². The zero-order valence-electron chi connectivity index (χ0n) is 22.8. The van der Waals surface area contributed by atoms with Gasteiger partial charge in [-0.1, -0.05) is 54.6 Å². The van der Waals surface area contributed by atoms with Gasteiger partial charge < -0.3 is 24.4 Å². The van der Waals surface area contributed by atoms with Gasteiger partial charge in [0.25, 0.3) is 0 Å². The fourth-order valence-electron chi connectivity index (χ4n) is 4.96. The molecule has 3 aromatic carbocycles. The molecule has 0 radical (unpaired) electrons. The first kappa shape index (κ1) is 27.8. The van der Waals surface area contributed by atoms with E-state index in [1.165, 1.54) is 0 Å². The lowest BCUT2D eigenvalue weighted by Crippen LogP contribution is -2.51. The fraction of sp³-hybridized carbons (Fsp3) is 0.312. The number of rotatable bonds is 11. The Labute approximate surface area is 230 Å². The van der Waals surface area contributed by atoms with E-state index in [1.54, 1.807) is 44.4 Å². The standard InChI is InChI=1S/C32H36N2O5/c1-37-26-16-14-24(15-17-26)22-34(30(35)20-23-10-6-4-7-11-23)31(25-12-8-5-9-13-25)32(36)33-28-19-18-27(38-2)21-29(28)39-3/h4-8,10-11,14-19,21,25,31H,9,12-13,20,22H2,1-3H3,(H,33,36). The third-order valence-corrected chi connectivity index (χ3v) is 7.06. The molecule has 4 rings (SSSR count). The van der Waals surface area contributed by atoms with Gasteiger partial charge in [-0.3, -0.25) is 9.59 Å². The number of amides is 2. The molecule has 0 saturated carbocycles. The minimum Gasteiger partial charge on any atom is -0.497 e. The van der Waals surface area contributed by atoms with E-state index in [2.05, 4.69) is 17.5 Å². The third-order valence-electron chi connectivity index (χ3n) is 7.06. The van der Waals surface area contributed by atoms with E-state index in [0.717, 1.165) is 36.1 Å². The number of ether oxygens (including phenoxy) is 3. The molecular weight excluding hydrogens is 492 g/mol. The Hall–Kier alpha value is -4.26. The molecular formula is C32H36N2O5. The quantitative estimate of drug-likeness (QED) is 0.326. The molecule has 0 aliphatic heterocycles. The maximum absolute atomic E-state index is 14.1. The van der Waals surface area contributed by atoms with Gasteiger partial charge >= 0.3 is 0 Å². The van der Waals surface area contributed by atoms with E-state index in [1.807, 2.05) is 54.6 Å². The Morgan fingerprint density at radius 3 is 2.23 bits per heavy atom. The number of hydrogen-bond acceptors (Lipinski definition) is 5. The van der Waals surface area contributed by atoms with Gasteiger partial charge in [-0.15, -0.1) is 0 Å². The first-order chi connectivity index (χ1) is 19.0. The van der Waals surface area contributed by atoms with Crippen LogP contribution in [0.5, 0.6) is 17.2 Å². The van der Waals surface area contributed by atoms with Gasteiger partial charge in [-0.2, -0.15) is 0 Å². The molecule has 7 nitrogen and oxygen atoms in total. The van der Waals surface area contributed by atoms with Crippen LogP contribution >= 0.6 is 0 Å². The smallest absolute Gasteiger partial charge is 0.247 e. The van der Waals surface area contributed by atoms with Crippen molar-refractivity contribution < 1.29 is 23.8 Å². The minimum absolute atomic E-state index is 0.0304. The van der Waals surface area contributed by atoms with Crippen molar-refractivity contribution in [2.75, 3.05) is 26.6 Å². The van der Waals surface area contributed by atoms with Gasteiger partial charge in [0.1, 0.15) is 23.3 Å². The van der Waals surface area contributed by atoms with E-state index >= 15 is 0 Å². The normalized spacial score (nSPS) is 15.2. The summed E-state index contributed by atoms with van der Waals surface area (Å²) < 4.78 is 16.1. The number of carbonyl (C=O) groups is 2. The van der Waals surface area contributed by atoms with E-state index in [-0.39, 0.29) is 24.2 Å². The Morgan fingerprint density at radius 2 is 1.59 bits per heavy atom. The zero-order chi connectivity index (χ0) is 27.6.